The van der Waals surface area contributed by atoms with Crippen molar-refractivity contribution in [3.63, 3.8) is 0 Å². The molecule has 7 aromatic rings. The fraction of sp³-hybridized carbons (Fsp3) is 0.0667. The minimum atomic E-state index is 0. The molecule has 260 valence electrons. The van der Waals surface area contributed by atoms with Crippen LogP contribution < -0.4 is 14.0 Å². The van der Waals surface area contributed by atoms with Gasteiger partial charge in [-0.15, -0.1) is 48.0 Å². The predicted octanol–water partition coefficient (Wildman–Crippen LogP) is 9.79. The van der Waals surface area contributed by atoms with Crippen LogP contribution in [0.4, 0.5) is 17.1 Å². The zero-order chi connectivity index (χ0) is 35.2. The van der Waals surface area contributed by atoms with Crippen molar-refractivity contribution in [1.29, 1.82) is 0 Å². The largest absolute Gasteiger partial charge is 4.00 e. The fourth-order valence-corrected chi connectivity index (χ4v) is 5.40. The molecule has 0 spiro atoms. The van der Waals surface area contributed by atoms with Crippen molar-refractivity contribution < 1.29 is 56.2 Å². The van der Waals surface area contributed by atoms with E-state index in [0.717, 1.165) is 39.4 Å². The van der Waals surface area contributed by atoms with Gasteiger partial charge in [0.2, 0.25) is 0 Å². The van der Waals surface area contributed by atoms with Crippen LogP contribution in [0, 0.1) is 56.6 Å². The van der Waals surface area contributed by atoms with Crippen molar-refractivity contribution in [2.75, 3.05) is 7.05 Å². The Bertz CT molecular complexity index is 2460. The topological polar surface area (TPSA) is 42.3 Å². The average Bonchev–Trinajstić information content (AvgIpc) is 3.81. The van der Waals surface area contributed by atoms with Crippen LogP contribution in [-0.4, -0.2) is 27.2 Å². The van der Waals surface area contributed by atoms with E-state index in [1.165, 1.54) is 11.1 Å². The average molecular weight is 1050 g/mol. The number of fused-ring (bicyclic) bond motifs is 1. The molecule has 5 aromatic carbocycles. The summed E-state index contributed by atoms with van der Waals surface area (Å²) in [5.41, 5.74) is 8.69. The Kier molecular flexibility index (Phi) is 13.0. The first kappa shape index (κ1) is 38.7. The van der Waals surface area contributed by atoms with E-state index in [2.05, 4.69) is 73.3 Å². The zero-order valence-electron chi connectivity index (χ0n) is 28.9. The molecule has 2 aromatic heterocycles. The molecule has 0 amide bonds. The van der Waals surface area contributed by atoms with Gasteiger partial charge >= 0.3 is 48.1 Å². The molecule has 3 heterocycles. The summed E-state index contributed by atoms with van der Waals surface area (Å²) in [5.74, 6) is 2.37. The third kappa shape index (κ3) is 9.28. The summed E-state index contributed by atoms with van der Waals surface area (Å²) in [7, 11) is 2.00. The van der Waals surface area contributed by atoms with E-state index >= 15 is 0 Å². The Hall–Kier alpha value is -5.55. The van der Waals surface area contributed by atoms with Crippen molar-refractivity contribution in [3.8, 4) is 51.4 Å². The second-order valence-electron chi connectivity index (χ2n) is 11.7. The summed E-state index contributed by atoms with van der Waals surface area (Å²) >= 11 is 0. The standard InChI is InChI=1S/C39H26N3O2.C6H4N.2Pt/c1-27-20-38-39(21-28(27)2)42(26-41(38)3)32-12-9-17-36(25-32)44-35-16-8-11-31(23-35)37-24-30(18-19-40-37)29-10-7-15-34(22-29)43-33-13-5-4-6-14-33;1-2-7-5-3-4-6-7;;/h4-13,15-17,19-21,24H,1-3H3;3-6H;;/q-3;-1;+2;+4. The summed E-state index contributed by atoms with van der Waals surface area (Å²) in [6.45, 7) is 4.24. The van der Waals surface area contributed by atoms with Gasteiger partial charge in [-0.1, -0.05) is 39.2 Å². The maximum Gasteiger partial charge on any atom is 4.00 e. The van der Waals surface area contributed by atoms with E-state index in [1.54, 1.807) is 23.2 Å². The smallest absolute Gasteiger partial charge is 0.669 e. The number of aromatic nitrogens is 2. The zero-order valence-corrected chi connectivity index (χ0v) is 33.4. The number of para-hydroxylation sites is 1. The molecule has 0 atom stereocenters. The van der Waals surface area contributed by atoms with Gasteiger partial charge in [-0.3, -0.25) is 11.1 Å². The van der Waals surface area contributed by atoms with Crippen molar-refractivity contribution in [2.45, 2.75) is 13.8 Å². The van der Waals surface area contributed by atoms with Gasteiger partial charge in [0.15, 0.2) is 7.05 Å². The number of hydrogen-bond acceptors (Lipinski definition) is 3. The van der Waals surface area contributed by atoms with Crippen molar-refractivity contribution in [1.82, 2.24) is 14.1 Å². The molecule has 0 fully saturated rings. The molecule has 0 bridgehead atoms. The maximum absolute atomic E-state index is 6.57. The molecule has 0 radical (unpaired) electrons. The van der Waals surface area contributed by atoms with E-state index in [4.69, 9.17) is 15.9 Å². The normalized spacial score (nSPS) is 10.9. The van der Waals surface area contributed by atoms with Gasteiger partial charge in [-0.25, -0.2) is 24.2 Å². The molecule has 1 aliphatic heterocycles. The Morgan fingerprint density at radius 3 is 2.00 bits per heavy atom. The molecule has 0 aliphatic carbocycles. The second kappa shape index (κ2) is 17.8. The molecule has 0 saturated carbocycles. The van der Waals surface area contributed by atoms with Gasteiger partial charge < -0.3 is 25.4 Å². The van der Waals surface area contributed by atoms with Gasteiger partial charge in [-0.2, -0.15) is 36.4 Å². The molecular formula is C45H30N4O2Pt2+2. The Labute approximate surface area is 339 Å². The Balaban J connectivity index is 0.000000542. The predicted molar refractivity (Wildman–Crippen MR) is 198 cm³/mol. The number of ether oxygens (including phenoxy) is 2. The second-order valence-corrected chi connectivity index (χ2v) is 11.7. The molecule has 53 heavy (non-hydrogen) atoms. The van der Waals surface area contributed by atoms with Gasteiger partial charge in [0.05, 0.1) is 0 Å². The van der Waals surface area contributed by atoms with Crippen LogP contribution >= 0.6 is 0 Å². The number of aryl methyl sites for hydroxylation is 2. The molecule has 0 N–H and O–H groups in total. The quantitative estimate of drug-likeness (QED) is 0.0908. The van der Waals surface area contributed by atoms with E-state index in [9.17, 15) is 0 Å². The summed E-state index contributed by atoms with van der Waals surface area (Å²) in [5, 5.41) is 0. The third-order valence-corrected chi connectivity index (χ3v) is 8.10. The monoisotopic (exact) mass is 1050 g/mol. The minimum absolute atomic E-state index is 0. The first-order valence-electron chi connectivity index (χ1n) is 16.2. The summed E-state index contributed by atoms with van der Waals surface area (Å²) in [6, 6.07) is 56.8. The van der Waals surface area contributed by atoms with E-state index in [1.807, 2.05) is 113 Å². The first-order valence-corrected chi connectivity index (χ1v) is 16.2. The van der Waals surface area contributed by atoms with Gasteiger partial charge in [-0.05, 0) is 37.1 Å². The van der Waals surface area contributed by atoms with Crippen LogP contribution in [0.15, 0.2) is 128 Å². The molecule has 0 unspecified atom stereocenters. The van der Waals surface area contributed by atoms with E-state index in [0.29, 0.717) is 23.0 Å². The molecule has 8 rings (SSSR count). The maximum atomic E-state index is 6.57. The van der Waals surface area contributed by atoms with E-state index < -0.39 is 0 Å². The molecule has 8 heteroatoms. The van der Waals surface area contributed by atoms with Crippen molar-refractivity contribution >= 4 is 23.1 Å². The van der Waals surface area contributed by atoms with Crippen LogP contribution in [0.1, 0.15) is 11.1 Å². The summed E-state index contributed by atoms with van der Waals surface area (Å²) < 4.78 is 17.7. The first-order chi connectivity index (χ1) is 24.9. The van der Waals surface area contributed by atoms with Crippen LogP contribution in [0.25, 0.3) is 22.4 Å². The molecule has 1 aliphatic rings. The summed E-state index contributed by atoms with van der Waals surface area (Å²) in [4.78, 5) is 4.56. The third-order valence-electron chi connectivity index (χ3n) is 8.10. The number of hydrogen-bond donors (Lipinski definition) is 0. The van der Waals surface area contributed by atoms with Crippen LogP contribution in [-0.2, 0) is 42.1 Å². The molecule has 6 nitrogen and oxygen atoms in total. The minimum Gasteiger partial charge on any atom is -0.669 e. The van der Waals surface area contributed by atoms with Gasteiger partial charge in [0.1, 0.15) is 5.69 Å². The van der Waals surface area contributed by atoms with Crippen LogP contribution in [0.5, 0.6) is 23.0 Å². The van der Waals surface area contributed by atoms with Crippen molar-refractivity contribution in [2.24, 2.45) is 0 Å². The van der Waals surface area contributed by atoms with Crippen LogP contribution in [0.2, 0.25) is 0 Å². The number of rotatable bonds is 7. The van der Waals surface area contributed by atoms with Crippen molar-refractivity contribution in [3.05, 3.63) is 176 Å². The number of pyridine rings is 1. The molecule has 0 saturated heterocycles. The fourth-order valence-electron chi connectivity index (χ4n) is 5.40. The van der Waals surface area contributed by atoms with Gasteiger partial charge in [0.25, 0.3) is 11.4 Å². The number of benzene rings is 5. The Morgan fingerprint density at radius 1 is 0.698 bits per heavy atom. The van der Waals surface area contributed by atoms with E-state index in [-0.39, 0.29) is 42.1 Å². The van der Waals surface area contributed by atoms with Crippen LogP contribution in [0.3, 0.4) is 0 Å². The number of nitrogens with zero attached hydrogens (tertiary/aromatic N) is 4. The SMILES string of the molecule is Cc1cc2c(cc1C)[N+](c1[c-]c(Oc3[c-]c(-c4cc(-c5[c-]c(Oc6[c-]cccc6)ccc5)[c-]cn4)ccc3)ccc1)=C=[N+]2C.[C-]#Cn1cccc1.[Pt+2].[Pt+4]. The van der Waals surface area contributed by atoms with Gasteiger partial charge in [0, 0.05) is 47.5 Å². The summed E-state index contributed by atoms with van der Waals surface area (Å²) in [6.07, 6.45) is 11.8. The molecular weight excluding hydrogens is 1020 g/mol. The Morgan fingerprint density at radius 2 is 1.32 bits per heavy atom.